The van der Waals surface area contributed by atoms with E-state index in [-0.39, 0.29) is 0 Å². The van der Waals surface area contributed by atoms with E-state index in [0.29, 0.717) is 10.9 Å². The fraction of sp³-hybridized carbons (Fsp3) is 0.100. The summed E-state index contributed by atoms with van der Waals surface area (Å²) >= 11 is 0. The lowest BCUT2D eigenvalue weighted by Crippen LogP contribution is -2.12. The Hall–Kier alpha value is -1.91. The third-order valence-electron chi connectivity index (χ3n) is 2.13. The number of aliphatic carboxylic acids is 1. The van der Waals surface area contributed by atoms with Crippen molar-refractivity contribution in [3.8, 4) is 0 Å². The highest BCUT2D eigenvalue weighted by molar-refractivity contribution is 5.82. The van der Waals surface area contributed by atoms with Gasteiger partial charge in [0, 0.05) is 11.6 Å². The van der Waals surface area contributed by atoms with Crippen LogP contribution in [-0.4, -0.2) is 15.6 Å². The molecule has 1 aromatic heterocycles. The second kappa shape index (κ2) is 3.34. The molecule has 0 aliphatic carbocycles. The Bertz CT molecular complexity index is 521. The first kappa shape index (κ1) is 9.64. The van der Waals surface area contributed by atoms with Gasteiger partial charge in [0.25, 0.3) is 6.30 Å². The van der Waals surface area contributed by atoms with Gasteiger partial charge < -0.3 is 9.67 Å². The minimum Gasteiger partial charge on any atom is -0.478 e. The number of nitrogens with zero attached hydrogens (tertiary/aromatic N) is 1. The largest absolute Gasteiger partial charge is 0.478 e. The summed E-state index contributed by atoms with van der Waals surface area (Å²) in [6.07, 6.45) is -0.865. The molecule has 0 saturated heterocycles. The van der Waals surface area contributed by atoms with Crippen LogP contribution < -0.4 is 0 Å². The number of benzene rings is 1. The highest BCUT2D eigenvalue weighted by Gasteiger charge is 2.19. The van der Waals surface area contributed by atoms with Crippen molar-refractivity contribution in [1.82, 2.24) is 4.57 Å². The lowest BCUT2D eigenvalue weighted by Gasteiger charge is -2.06. The molecular weight excluding hydrogens is 204 g/mol. The SMILES string of the molecule is O=C(O)C(F)n1ccc2cc(F)ccc21. The lowest BCUT2D eigenvalue weighted by molar-refractivity contribution is -0.146. The predicted octanol–water partition coefficient (Wildman–Crippen LogP) is 2.33. The molecule has 78 valence electrons. The predicted molar refractivity (Wildman–Crippen MR) is 49.7 cm³/mol. The standard InChI is InChI=1S/C10H7F2NO2/c11-7-1-2-8-6(5-7)3-4-13(8)9(12)10(14)15/h1-5,9H,(H,14,15). The summed E-state index contributed by atoms with van der Waals surface area (Å²) < 4.78 is 26.9. The van der Waals surface area contributed by atoms with Crippen molar-refractivity contribution >= 4 is 16.9 Å². The van der Waals surface area contributed by atoms with E-state index in [1.165, 1.54) is 24.4 Å². The maximum absolute atomic E-state index is 13.2. The zero-order valence-corrected chi connectivity index (χ0v) is 7.52. The average molecular weight is 211 g/mol. The van der Waals surface area contributed by atoms with E-state index in [9.17, 15) is 13.6 Å². The van der Waals surface area contributed by atoms with Crippen LogP contribution in [0.15, 0.2) is 30.5 Å². The number of carboxylic acids is 1. The van der Waals surface area contributed by atoms with Crippen molar-refractivity contribution in [2.75, 3.05) is 0 Å². The average Bonchev–Trinajstić information content (AvgIpc) is 2.59. The molecule has 0 radical (unpaired) electrons. The van der Waals surface area contributed by atoms with Gasteiger partial charge in [-0.1, -0.05) is 0 Å². The summed E-state index contributed by atoms with van der Waals surface area (Å²) in [6, 6.07) is 5.20. The Morgan fingerprint density at radius 1 is 1.40 bits per heavy atom. The van der Waals surface area contributed by atoms with Gasteiger partial charge in [0.1, 0.15) is 5.82 Å². The summed E-state index contributed by atoms with van der Waals surface area (Å²) in [5, 5.41) is 8.97. The molecule has 1 heterocycles. The maximum Gasteiger partial charge on any atom is 0.359 e. The molecule has 1 atom stereocenters. The Morgan fingerprint density at radius 3 is 2.80 bits per heavy atom. The number of fused-ring (bicyclic) bond motifs is 1. The van der Waals surface area contributed by atoms with Gasteiger partial charge in [-0.2, -0.15) is 0 Å². The highest BCUT2D eigenvalue weighted by Crippen LogP contribution is 2.21. The topological polar surface area (TPSA) is 42.2 Å². The molecule has 0 amide bonds. The van der Waals surface area contributed by atoms with Crippen LogP contribution in [0.5, 0.6) is 0 Å². The highest BCUT2D eigenvalue weighted by atomic mass is 19.1. The second-order valence-corrected chi connectivity index (χ2v) is 3.10. The van der Waals surface area contributed by atoms with E-state index in [1.54, 1.807) is 0 Å². The smallest absolute Gasteiger partial charge is 0.359 e. The molecule has 0 saturated carbocycles. The van der Waals surface area contributed by atoms with Gasteiger partial charge in [0.2, 0.25) is 0 Å². The van der Waals surface area contributed by atoms with Crippen molar-refractivity contribution in [1.29, 1.82) is 0 Å². The second-order valence-electron chi connectivity index (χ2n) is 3.10. The number of carboxylic acid groups (broad SMARTS) is 1. The van der Waals surface area contributed by atoms with Crippen LogP contribution in [0.2, 0.25) is 0 Å². The summed E-state index contributed by atoms with van der Waals surface area (Å²) in [7, 11) is 0. The fourth-order valence-corrected chi connectivity index (χ4v) is 1.45. The molecule has 15 heavy (non-hydrogen) atoms. The van der Waals surface area contributed by atoms with E-state index in [0.717, 1.165) is 10.6 Å². The molecule has 1 N–H and O–H groups in total. The van der Waals surface area contributed by atoms with E-state index >= 15 is 0 Å². The summed E-state index contributed by atoms with van der Waals surface area (Å²) in [5.74, 6) is -2.01. The van der Waals surface area contributed by atoms with Crippen molar-refractivity contribution in [3.05, 3.63) is 36.3 Å². The molecule has 1 unspecified atom stereocenters. The van der Waals surface area contributed by atoms with E-state index in [2.05, 4.69) is 0 Å². The van der Waals surface area contributed by atoms with Crippen LogP contribution in [0.25, 0.3) is 10.9 Å². The quantitative estimate of drug-likeness (QED) is 0.828. The molecule has 0 fully saturated rings. The minimum absolute atomic E-state index is 0.353. The Balaban J connectivity index is 2.59. The molecule has 3 nitrogen and oxygen atoms in total. The van der Waals surface area contributed by atoms with Gasteiger partial charge in [0.15, 0.2) is 0 Å². The van der Waals surface area contributed by atoms with E-state index in [4.69, 9.17) is 5.11 Å². The van der Waals surface area contributed by atoms with Crippen molar-refractivity contribution in [2.45, 2.75) is 6.30 Å². The van der Waals surface area contributed by atoms with Crippen LogP contribution in [0.3, 0.4) is 0 Å². The van der Waals surface area contributed by atoms with E-state index < -0.39 is 18.1 Å². The molecule has 0 bridgehead atoms. The number of rotatable bonds is 2. The third-order valence-corrected chi connectivity index (χ3v) is 2.13. The number of hydrogen-bond acceptors (Lipinski definition) is 1. The third kappa shape index (κ3) is 1.56. The van der Waals surface area contributed by atoms with E-state index in [1.807, 2.05) is 0 Å². The lowest BCUT2D eigenvalue weighted by atomic mass is 10.2. The van der Waals surface area contributed by atoms with Crippen molar-refractivity contribution < 1.29 is 18.7 Å². The fourth-order valence-electron chi connectivity index (χ4n) is 1.45. The van der Waals surface area contributed by atoms with Gasteiger partial charge in [0.05, 0.1) is 5.52 Å². The van der Waals surface area contributed by atoms with Gasteiger partial charge in [-0.05, 0) is 24.3 Å². The molecule has 0 aliphatic heterocycles. The van der Waals surface area contributed by atoms with Gasteiger partial charge in [-0.25, -0.2) is 13.6 Å². The molecule has 2 rings (SSSR count). The maximum atomic E-state index is 13.2. The van der Waals surface area contributed by atoms with Crippen molar-refractivity contribution in [3.63, 3.8) is 0 Å². The molecule has 5 heteroatoms. The van der Waals surface area contributed by atoms with Crippen LogP contribution in [0, 0.1) is 5.82 Å². The first-order valence-electron chi connectivity index (χ1n) is 4.22. The molecule has 0 aliphatic rings. The first-order valence-corrected chi connectivity index (χ1v) is 4.22. The Morgan fingerprint density at radius 2 is 2.13 bits per heavy atom. The van der Waals surface area contributed by atoms with Crippen LogP contribution in [-0.2, 0) is 4.79 Å². The molecule has 2 aromatic rings. The van der Waals surface area contributed by atoms with Gasteiger partial charge in [-0.3, -0.25) is 0 Å². The van der Waals surface area contributed by atoms with Crippen LogP contribution in [0.4, 0.5) is 8.78 Å². The Kier molecular flexibility index (Phi) is 2.15. The molecule has 0 spiro atoms. The number of alkyl halides is 1. The zero-order valence-electron chi connectivity index (χ0n) is 7.52. The Labute approximate surface area is 83.5 Å². The normalized spacial score (nSPS) is 12.9. The molecule has 1 aromatic carbocycles. The number of hydrogen-bond donors (Lipinski definition) is 1. The zero-order chi connectivity index (χ0) is 11.0. The van der Waals surface area contributed by atoms with Crippen LogP contribution >= 0.6 is 0 Å². The number of halogens is 2. The number of aromatic nitrogens is 1. The summed E-state index contributed by atoms with van der Waals surface area (Å²) in [5.41, 5.74) is 0.353. The monoisotopic (exact) mass is 211 g/mol. The number of carbonyl (C=O) groups is 1. The summed E-state index contributed by atoms with van der Waals surface area (Å²) in [4.78, 5) is 10.4. The summed E-state index contributed by atoms with van der Waals surface area (Å²) in [6.45, 7) is 0. The van der Waals surface area contributed by atoms with Crippen molar-refractivity contribution in [2.24, 2.45) is 0 Å². The van der Waals surface area contributed by atoms with Crippen LogP contribution in [0.1, 0.15) is 6.30 Å². The minimum atomic E-state index is -2.15. The first-order chi connectivity index (χ1) is 7.09. The van der Waals surface area contributed by atoms with Gasteiger partial charge >= 0.3 is 5.97 Å². The van der Waals surface area contributed by atoms with Gasteiger partial charge in [-0.15, -0.1) is 0 Å². The molecular formula is C10H7F2NO2.